The first-order valence-electron chi connectivity index (χ1n) is 3.00. The molecule has 2 N–H and O–H groups in total. The molecule has 0 radical (unpaired) electrons. The molecule has 0 atom stereocenters. The molecule has 1 aromatic carbocycles. The van der Waals surface area contributed by atoms with Crippen LogP contribution >= 0.6 is 0 Å². The summed E-state index contributed by atoms with van der Waals surface area (Å²) in [5, 5.41) is 17.4. The minimum atomic E-state index is -4.49. The van der Waals surface area contributed by atoms with E-state index in [1.54, 1.807) is 0 Å². The van der Waals surface area contributed by atoms with Crippen molar-refractivity contribution in [1.29, 1.82) is 0 Å². The zero-order chi connectivity index (χ0) is 9.35. The van der Waals surface area contributed by atoms with Gasteiger partial charge in [-0.15, -0.1) is 0 Å². The van der Waals surface area contributed by atoms with Crippen molar-refractivity contribution >= 4 is 0 Å². The SMILES string of the molecule is Oc1ccc(C(F)(F)F)cc1O. The lowest BCUT2D eigenvalue weighted by Crippen LogP contribution is -2.03. The van der Waals surface area contributed by atoms with E-state index in [2.05, 4.69) is 0 Å². The number of phenols is 2. The fourth-order valence-electron chi connectivity index (χ4n) is 0.700. The molecule has 0 aromatic heterocycles. The highest BCUT2D eigenvalue weighted by Crippen LogP contribution is 2.34. The van der Waals surface area contributed by atoms with Gasteiger partial charge in [0.05, 0.1) is 5.56 Å². The van der Waals surface area contributed by atoms with E-state index in [0.29, 0.717) is 12.1 Å². The molecule has 0 aliphatic carbocycles. The first-order chi connectivity index (χ1) is 5.41. The molecule has 0 saturated heterocycles. The van der Waals surface area contributed by atoms with Gasteiger partial charge in [-0.1, -0.05) is 0 Å². The van der Waals surface area contributed by atoms with E-state index in [4.69, 9.17) is 10.2 Å². The maximum atomic E-state index is 11.9. The fraction of sp³-hybridized carbons (Fsp3) is 0.143. The lowest BCUT2D eigenvalue weighted by Gasteiger charge is -2.06. The number of aromatic hydroxyl groups is 2. The summed E-state index contributed by atoms with van der Waals surface area (Å²) in [6.07, 6.45) is -4.49. The Labute approximate surface area is 65.9 Å². The Kier molecular flexibility index (Phi) is 1.87. The third kappa shape index (κ3) is 1.61. The van der Waals surface area contributed by atoms with Crippen molar-refractivity contribution in [3.05, 3.63) is 23.8 Å². The van der Waals surface area contributed by atoms with Crippen LogP contribution in [-0.2, 0) is 6.18 Å². The van der Waals surface area contributed by atoms with E-state index in [0.717, 1.165) is 6.07 Å². The van der Waals surface area contributed by atoms with Gasteiger partial charge in [0.25, 0.3) is 0 Å². The number of benzene rings is 1. The molecule has 2 nitrogen and oxygen atoms in total. The molecule has 66 valence electrons. The molecule has 0 bridgehead atoms. The number of halogens is 3. The standard InChI is InChI=1S/C7H5F3O2/c8-7(9,10)4-1-2-5(11)6(12)3-4/h1-3,11-12H. The largest absolute Gasteiger partial charge is 0.504 e. The van der Waals surface area contributed by atoms with Gasteiger partial charge < -0.3 is 10.2 Å². The van der Waals surface area contributed by atoms with Crippen LogP contribution in [0, 0.1) is 0 Å². The second-order valence-corrected chi connectivity index (χ2v) is 2.20. The van der Waals surface area contributed by atoms with E-state index in [1.807, 2.05) is 0 Å². The lowest BCUT2D eigenvalue weighted by atomic mass is 10.2. The van der Waals surface area contributed by atoms with Gasteiger partial charge in [-0.2, -0.15) is 13.2 Å². The molecule has 1 rings (SSSR count). The monoisotopic (exact) mass is 178 g/mol. The van der Waals surface area contributed by atoms with Crippen molar-refractivity contribution in [2.45, 2.75) is 6.18 Å². The first-order valence-corrected chi connectivity index (χ1v) is 3.00. The summed E-state index contributed by atoms with van der Waals surface area (Å²) >= 11 is 0. The topological polar surface area (TPSA) is 40.5 Å². The molecule has 0 aliphatic rings. The molecular formula is C7H5F3O2. The Bertz CT molecular complexity index is 293. The van der Waals surface area contributed by atoms with Crippen LogP contribution in [0.2, 0.25) is 0 Å². The highest BCUT2D eigenvalue weighted by molar-refractivity contribution is 5.41. The average molecular weight is 178 g/mol. The van der Waals surface area contributed by atoms with Crippen LogP contribution in [0.5, 0.6) is 11.5 Å². The third-order valence-electron chi connectivity index (χ3n) is 1.30. The summed E-state index contributed by atoms with van der Waals surface area (Å²) in [6.45, 7) is 0. The zero-order valence-corrected chi connectivity index (χ0v) is 5.76. The van der Waals surface area contributed by atoms with Crippen LogP contribution in [-0.4, -0.2) is 10.2 Å². The Morgan fingerprint density at radius 2 is 1.58 bits per heavy atom. The molecular weight excluding hydrogens is 173 g/mol. The lowest BCUT2D eigenvalue weighted by molar-refractivity contribution is -0.137. The Morgan fingerprint density at radius 1 is 1.00 bits per heavy atom. The highest BCUT2D eigenvalue weighted by atomic mass is 19.4. The smallest absolute Gasteiger partial charge is 0.416 e. The van der Waals surface area contributed by atoms with Crippen molar-refractivity contribution < 1.29 is 23.4 Å². The maximum Gasteiger partial charge on any atom is 0.416 e. The van der Waals surface area contributed by atoms with Gasteiger partial charge >= 0.3 is 6.18 Å². The molecule has 0 amide bonds. The average Bonchev–Trinajstić information content (AvgIpc) is 1.92. The first kappa shape index (κ1) is 8.70. The maximum absolute atomic E-state index is 11.9. The summed E-state index contributed by atoms with van der Waals surface area (Å²) < 4.78 is 35.7. The van der Waals surface area contributed by atoms with Gasteiger partial charge in [0, 0.05) is 0 Å². The fourth-order valence-corrected chi connectivity index (χ4v) is 0.700. The van der Waals surface area contributed by atoms with E-state index in [9.17, 15) is 13.2 Å². The van der Waals surface area contributed by atoms with Crippen LogP contribution in [0.1, 0.15) is 5.56 Å². The van der Waals surface area contributed by atoms with Gasteiger partial charge in [0.1, 0.15) is 0 Å². The van der Waals surface area contributed by atoms with Crippen LogP contribution < -0.4 is 0 Å². The molecule has 0 fully saturated rings. The van der Waals surface area contributed by atoms with E-state index in [-0.39, 0.29) is 0 Å². The van der Waals surface area contributed by atoms with Gasteiger partial charge in [-0.3, -0.25) is 0 Å². The predicted molar refractivity (Wildman–Crippen MR) is 34.8 cm³/mol. The Balaban J connectivity index is 3.14. The van der Waals surface area contributed by atoms with Crippen molar-refractivity contribution in [3.63, 3.8) is 0 Å². The van der Waals surface area contributed by atoms with E-state index in [1.165, 1.54) is 0 Å². The molecule has 0 unspecified atom stereocenters. The van der Waals surface area contributed by atoms with Crippen molar-refractivity contribution in [3.8, 4) is 11.5 Å². The minimum absolute atomic E-state index is 0.468. The molecule has 12 heavy (non-hydrogen) atoms. The molecule has 0 spiro atoms. The van der Waals surface area contributed by atoms with Crippen molar-refractivity contribution in [1.82, 2.24) is 0 Å². The second-order valence-electron chi connectivity index (χ2n) is 2.20. The molecule has 0 saturated carbocycles. The van der Waals surface area contributed by atoms with Crippen LogP contribution in [0.15, 0.2) is 18.2 Å². The summed E-state index contributed by atoms with van der Waals surface area (Å²) in [7, 11) is 0. The van der Waals surface area contributed by atoms with Crippen molar-refractivity contribution in [2.24, 2.45) is 0 Å². The number of alkyl halides is 3. The summed E-state index contributed by atoms with van der Waals surface area (Å²) in [4.78, 5) is 0. The van der Waals surface area contributed by atoms with Crippen LogP contribution in [0.3, 0.4) is 0 Å². The van der Waals surface area contributed by atoms with E-state index >= 15 is 0 Å². The van der Waals surface area contributed by atoms with Crippen LogP contribution in [0.4, 0.5) is 13.2 Å². The number of rotatable bonds is 0. The van der Waals surface area contributed by atoms with E-state index < -0.39 is 23.2 Å². The Hall–Kier alpha value is -1.39. The Morgan fingerprint density at radius 3 is 2.00 bits per heavy atom. The number of hydrogen-bond donors (Lipinski definition) is 2. The minimum Gasteiger partial charge on any atom is -0.504 e. The van der Waals surface area contributed by atoms with Gasteiger partial charge in [-0.25, -0.2) is 0 Å². The van der Waals surface area contributed by atoms with Gasteiger partial charge in [0.2, 0.25) is 0 Å². The highest BCUT2D eigenvalue weighted by Gasteiger charge is 2.30. The third-order valence-corrected chi connectivity index (χ3v) is 1.30. The van der Waals surface area contributed by atoms with Crippen LogP contribution in [0.25, 0.3) is 0 Å². The molecule has 0 aliphatic heterocycles. The molecule has 0 heterocycles. The van der Waals surface area contributed by atoms with Gasteiger partial charge in [-0.05, 0) is 18.2 Å². The number of phenolic OH excluding ortho intramolecular Hbond substituents is 2. The number of hydrogen-bond acceptors (Lipinski definition) is 2. The summed E-state index contributed by atoms with van der Waals surface area (Å²) in [5.41, 5.74) is -0.988. The molecule has 1 aromatic rings. The molecule has 5 heteroatoms. The van der Waals surface area contributed by atoms with Crippen molar-refractivity contribution in [2.75, 3.05) is 0 Å². The second kappa shape index (κ2) is 2.58. The normalized spacial score (nSPS) is 11.6. The quantitative estimate of drug-likeness (QED) is 0.597. The summed E-state index contributed by atoms with van der Waals surface area (Å²) in [5.74, 6) is -1.34. The van der Waals surface area contributed by atoms with Gasteiger partial charge in [0.15, 0.2) is 11.5 Å². The summed E-state index contributed by atoms with van der Waals surface area (Å²) in [6, 6.07) is 1.95. The predicted octanol–water partition coefficient (Wildman–Crippen LogP) is 2.12. The zero-order valence-electron chi connectivity index (χ0n) is 5.76.